The quantitative estimate of drug-likeness (QED) is 0.733. The molecule has 26 heavy (non-hydrogen) atoms. The zero-order valence-corrected chi connectivity index (χ0v) is 13.9. The zero-order valence-electron chi connectivity index (χ0n) is 13.9. The minimum Gasteiger partial charge on any atom is -0.439 e. The van der Waals surface area contributed by atoms with Crippen LogP contribution >= 0.6 is 0 Å². The number of nitrogens with zero attached hydrogens (tertiary/aromatic N) is 1. The maximum absolute atomic E-state index is 12.6. The van der Waals surface area contributed by atoms with Crippen LogP contribution in [0.25, 0.3) is 11.0 Å². The highest BCUT2D eigenvalue weighted by Gasteiger charge is 2.33. The van der Waals surface area contributed by atoms with Gasteiger partial charge in [-0.15, -0.1) is 0 Å². The molecule has 0 aliphatic carbocycles. The van der Waals surface area contributed by atoms with Crippen LogP contribution in [-0.4, -0.2) is 0 Å². The van der Waals surface area contributed by atoms with Gasteiger partial charge in [-0.3, -0.25) is 0 Å². The molecule has 1 atom stereocenters. The van der Waals surface area contributed by atoms with Gasteiger partial charge in [0.05, 0.1) is 16.5 Å². The smallest absolute Gasteiger partial charge is 0.343 e. The predicted octanol–water partition coefficient (Wildman–Crippen LogP) is 3.60. The summed E-state index contributed by atoms with van der Waals surface area (Å²) in [6, 6.07) is 19.2. The molecule has 0 bridgehead atoms. The molecule has 4 rings (SSSR count). The SMILES string of the molecule is N#CC1=C(N)Oc2c(c(=O)oc3ccccc23)C1CCc1ccccc1. The Bertz CT molecular complexity index is 1110. The van der Waals surface area contributed by atoms with E-state index in [1.807, 2.05) is 42.5 Å². The highest BCUT2D eigenvalue weighted by atomic mass is 16.5. The second kappa shape index (κ2) is 6.41. The van der Waals surface area contributed by atoms with Gasteiger partial charge in [0, 0.05) is 5.92 Å². The van der Waals surface area contributed by atoms with E-state index >= 15 is 0 Å². The van der Waals surface area contributed by atoms with Crippen molar-refractivity contribution in [1.82, 2.24) is 0 Å². The third-order valence-corrected chi connectivity index (χ3v) is 4.66. The number of hydrogen-bond donors (Lipinski definition) is 1. The fraction of sp³-hybridized carbons (Fsp3) is 0.143. The van der Waals surface area contributed by atoms with Gasteiger partial charge < -0.3 is 14.9 Å². The maximum atomic E-state index is 12.6. The molecule has 0 spiro atoms. The molecular weight excluding hydrogens is 328 g/mol. The summed E-state index contributed by atoms with van der Waals surface area (Å²) >= 11 is 0. The van der Waals surface area contributed by atoms with Crippen molar-refractivity contribution in [1.29, 1.82) is 5.26 Å². The molecule has 5 heteroatoms. The van der Waals surface area contributed by atoms with Gasteiger partial charge in [0.2, 0.25) is 5.88 Å². The molecular formula is C21H16N2O3. The largest absolute Gasteiger partial charge is 0.439 e. The van der Waals surface area contributed by atoms with E-state index in [0.29, 0.717) is 35.1 Å². The summed E-state index contributed by atoms with van der Waals surface area (Å²) in [6.45, 7) is 0. The Kier molecular flexibility index (Phi) is 3.94. The van der Waals surface area contributed by atoms with Crippen LogP contribution in [0.1, 0.15) is 23.5 Å². The second-order valence-corrected chi connectivity index (χ2v) is 6.20. The number of ether oxygens (including phenoxy) is 1. The van der Waals surface area contributed by atoms with E-state index in [1.165, 1.54) is 0 Å². The Balaban J connectivity index is 1.84. The molecule has 3 aromatic rings. The summed E-state index contributed by atoms with van der Waals surface area (Å²) in [7, 11) is 0. The second-order valence-electron chi connectivity index (χ2n) is 6.20. The van der Waals surface area contributed by atoms with Crippen molar-refractivity contribution < 1.29 is 9.15 Å². The minimum absolute atomic E-state index is 0.0498. The monoisotopic (exact) mass is 344 g/mol. The van der Waals surface area contributed by atoms with Crippen LogP contribution in [0.4, 0.5) is 0 Å². The van der Waals surface area contributed by atoms with E-state index in [-0.39, 0.29) is 11.5 Å². The maximum Gasteiger partial charge on any atom is 0.343 e. The van der Waals surface area contributed by atoms with Gasteiger partial charge in [-0.1, -0.05) is 42.5 Å². The summed E-state index contributed by atoms with van der Waals surface area (Å²) in [4.78, 5) is 12.6. The molecule has 2 aromatic carbocycles. The van der Waals surface area contributed by atoms with Crippen molar-refractivity contribution in [3.05, 3.63) is 87.6 Å². The lowest BCUT2D eigenvalue weighted by atomic mass is 9.85. The minimum atomic E-state index is -0.489. The predicted molar refractivity (Wildman–Crippen MR) is 97.4 cm³/mol. The average Bonchev–Trinajstić information content (AvgIpc) is 2.66. The summed E-state index contributed by atoms with van der Waals surface area (Å²) in [5, 5.41) is 10.2. The number of nitrogens with two attached hydrogens (primary N) is 1. The first-order valence-corrected chi connectivity index (χ1v) is 8.36. The van der Waals surface area contributed by atoms with Crippen molar-refractivity contribution in [2.45, 2.75) is 18.8 Å². The fourth-order valence-corrected chi connectivity index (χ4v) is 3.40. The summed E-state index contributed by atoms with van der Waals surface area (Å²) < 4.78 is 11.1. The van der Waals surface area contributed by atoms with Crippen molar-refractivity contribution in [3.8, 4) is 11.8 Å². The van der Waals surface area contributed by atoms with Crippen molar-refractivity contribution in [2.24, 2.45) is 5.73 Å². The molecule has 0 saturated heterocycles. The number of fused-ring (bicyclic) bond motifs is 3. The Morgan fingerprint density at radius 3 is 2.58 bits per heavy atom. The normalized spacial score (nSPS) is 16.0. The van der Waals surface area contributed by atoms with E-state index in [4.69, 9.17) is 14.9 Å². The van der Waals surface area contributed by atoms with E-state index in [1.54, 1.807) is 12.1 Å². The standard InChI is InChI=1S/C21H16N2O3/c22-12-16-14(11-10-13-6-2-1-3-7-13)18-19(26-20(16)23)15-8-4-5-9-17(15)25-21(18)24/h1-9,14H,10-11,23H2. The number of benzene rings is 2. The molecule has 2 N–H and O–H groups in total. The summed E-state index contributed by atoms with van der Waals surface area (Å²) in [5.74, 6) is -0.00922. The lowest BCUT2D eigenvalue weighted by Crippen LogP contribution is -2.26. The highest BCUT2D eigenvalue weighted by molar-refractivity contribution is 5.85. The summed E-state index contributed by atoms with van der Waals surface area (Å²) in [5.41, 5.74) is 7.72. The molecule has 0 amide bonds. The molecule has 0 saturated carbocycles. The summed E-state index contributed by atoms with van der Waals surface area (Å²) in [6.07, 6.45) is 1.27. The number of allylic oxidation sites excluding steroid dienone is 1. The van der Waals surface area contributed by atoms with E-state index < -0.39 is 11.5 Å². The molecule has 0 radical (unpaired) electrons. The van der Waals surface area contributed by atoms with Crippen molar-refractivity contribution in [2.75, 3.05) is 0 Å². The topological polar surface area (TPSA) is 89.3 Å². The molecule has 5 nitrogen and oxygen atoms in total. The first-order valence-electron chi connectivity index (χ1n) is 8.36. The van der Waals surface area contributed by atoms with Gasteiger partial charge in [-0.2, -0.15) is 5.26 Å². The van der Waals surface area contributed by atoms with Crippen LogP contribution < -0.4 is 16.1 Å². The molecule has 1 aliphatic rings. The third kappa shape index (κ3) is 2.62. The number of nitriles is 1. The van der Waals surface area contributed by atoms with E-state index in [9.17, 15) is 10.1 Å². The Labute approximate surface area is 149 Å². The third-order valence-electron chi connectivity index (χ3n) is 4.66. The highest BCUT2D eigenvalue weighted by Crippen LogP contribution is 2.42. The molecule has 1 aromatic heterocycles. The van der Waals surface area contributed by atoms with Crippen LogP contribution in [0.5, 0.6) is 5.75 Å². The number of para-hydroxylation sites is 1. The van der Waals surface area contributed by atoms with Gasteiger partial charge in [0.1, 0.15) is 11.7 Å². The van der Waals surface area contributed by atoms with Crippen LogP contribution in [0.15, 0.2) is 75.3 Å². The molecule has 1 unspecified atom stereocenters. The van der Waals surface area contributed by atoms with Crippen LogP contribution in [-0.2, 0) is 6.42 Å². The zero-order chi connectivity index (χ0) is 18.1. The molecule has 128 valence electrons. The van der Waals surface area contributed by atoms with Gasteiger partial charge in [-0.05, 0) is 30.5 Å². The first-order chi connectivity index (χ1) is 12.7. The lowest BCUT2D eigenvalue weighted by molar-refractivity contribution is 0.378. The van der Waals surface area contributed by atoms with Gasteiger partial charge >= 0.3 is 5.63 Å². The first kappa shape index (κ1) is 16.0. The van der Waals surface area contributed by atoms with Gasteiger partial charge in [-0.25, -0.2) is 4.79 Å². The Morgan fingerprint density at radius 1 is 1.08 bits per heavy atom. The Morgan fingerprint density at radius 2 is 1.81 bits per heavy atom. The number of hydrogen-bond acceptors (Lipinski definition) is 5. The number of aryl methyl sites for hydroxylation is 1. The van der Waals surface area contributed by atoms with Gasteiger partial charge in [0.15, 0.2) is 5.75 Å². The van der Waals surface area contributed by atoms with Crippen molar-refractivity contribution >= 4 is 11.0 Å². The van der Waals surface area contributed by atoms with Crippen LogP contribution in [0.3, 0.4) is 0 Å². The van der Waals surface area contributed by atoms with E-state index in [2.05, 4.69) is 6.07 Å². The number of rotatable bonds is 3. The lowest BCUT2D eigenvalue weighted by Gasteiger charge is -2.25. The van der Waals surface area contributed by atoms with E-state index in [0.717, 1.165) is 5.56 Å². The van der Waals surface area contributed by atoms with Crippen molar-refractivity contribution in [3.63, 3.8) is 0 Å². The molecule has 1 aliphatic heterocycles. The van der Waals surface area contributed by atoms with Gasteiger partial charge in [0.25, 0.3) is 0 Å². The molecule has 0 fully saturated rings. The van der Waals surface area contributed by atoms with Crippen LogP contribution in [0.2, 0.25) is 0 Å². The average molecular weight is 344 g/mol. The molecule has 2 heterocycles. The fourth-order valence-electron chi connectivity index (χ4n) is 3.40. The van der Waals surface area contributed by atoms with Crippen LogP contribution in [0, 0.1) is 11.3 Å². The Hall–Kier alpha value is -3.52.